The summed E-state index contributed by atoms with van der Waals surface area (Å²) in [5, 5.41) is 0. The van der Waals surface area contributed by atoms with Crippen LogP contribution in [0.1, 0.15) is 46.5 Å². The number of rotatable bonds is 7. The van der Waals surface area contributed by atoms with Gasteiger partial charge in [-0.3, -0.25) is 4.90 Å². The number of likely N-dealkylation sites (N-methyl/N-ethyl adjacent to an activating group) is 1. The zero-order chi connectivity index (χ0) is 14.5. The first-order chi connectivity index (χ1) is 8.93. The van der Waals surface area contributed by atoms with Gasteiger partial charge in [0.15, 0.2) is 0 Å². The first-order valence-electron chi connectivity index (χ1n) is 8.03. The summed E-state index contributed by atoms with van der Waals surface area (Å²) >= 11 is 0. The Morgan fingerprint density at radius 2 is 1.68 bits per heavy atom. The van der Waals surface area contributed by atoms with Crippen molar-refractivity contribution >= 4 is 0 Å². The molecule has 114 valence electrons. The summed E-state index contributed by atoms with van der Waals surface area (Å²) in [5.74, 6) is 1.63. The molecule has 2 unspecified atom stereocenters. The van der Waals surface area contributed by atoms with Crippen molar-refractivity contribution in [2.24, 2.45) is 17.6 Å². The summed E-state index contributed by atoms with van der Waals surface area (Å²) in [6.07, 6.45) is 5.18. The summed E-state index contributed by atoms with van der Waals surface area (Å²) in [6.45, 7) is 11.4. The first-order valence-corrected chi connectivity index (χ1v) is 8.03. The van der Waals surface area contributed by atoms with E-state index in [0.717, 1.165) is 24.9 Å². The van der Waals surface area contributed by atoms with Crippen LogP contribution < -0.4 is 5.73 Å². The van der Waals surface area contributed by atoms with Crippen molar-refractivity contribution in [2.45, 2.75) is 52.0 Å². The second-order valence-electron chi connectivity index (χ2n) is 7.02. The van der Waals surface area contributed by atoms with Crippen LogP contribution in [0.2, 0.25) is 0 Å². The molecular formula is C16H35N3. The minimum Gasteiger partial charge on any atom is -0.329 e. The van der Waals surface area contributed by atoms with E-state index in [1.165, 1.54) is 38.8 Å². The van der Waals surface area contributed by atoms with Gasteiger partial charge >= 0.3 is 0 Å². The van der Waals surface area contributed by atoms with Gasteiger partial charge in [-0.05, 0) is 71.2 Å². The van der Waals surface area contributed by atoms with Gasteiger partial charge in [0.05, 0.1) is 0 Å². The van der Waals surface area contributed by atoms with Crippen molar-refractivity contribution in [3.63, 3.8) is 0 Å². The van der Waals surface area contributed by atoms with Gasteiger partial charge in [-0.2, -0.15) is 0 Å². The molecule has 1 aliphatic carbocycles. The normalized spacial score (nSPS) is 32.2. The van der Waals surface area contributed by atoms with Gasteiger partial charge < -0.3 is 10.6 Å². The van der Waals surface area contributed by atoms with Crippen molar-refractivity contribution in [2.75, 3.05) is 40.3 Å². The zero-order valence-corrected chi connectivity index (χ0v) is 13.8. The van der Waals surface area contributed by atoms with Crippen LogP contribution >= 0.6 is 0 Å². The maximum Gasteiger partial charge on any atom is 0.0336 e. The van der Waals surface area contributed by atoms with E-state index in [1.807, 2.05) is 0 Å². The number of nitrogens with zero attached hydrogens (tertiary/aromatic N) is 2. The largest absolute Gasteiger partial charge is 0.329 e. The van der Waals surface area contributed by atoms with Crippen molar-refractivity contribution in [1.82, 2.24) is 9.80 Å². The number of hydrogen-bond donors (Lipinski definition) is 1. The third-order valence-corrected chi connectivity index (χ3v) is 4.73. The molecule has 0 aromatic carbocycles. The molecule has 0 saturated heterocycles. The zero-order valence-electron chi connectivity index (χ0n) is 13.8. The molecule has 3 nitrogen and oxygen atoms in total. The Balaban J connectivity index is 2.67. The summed E-state index contributed by atoms with van der Waals surface area (Å²) in [5.41, 5.74) is 6.48. The predicted molar refractivity (Wildman–Crippen MR) is 84.4 cm³/mol. The average Bonchev–Trinajstić information content (AvgIpc) is 2.32. The molecule has 0 aromatic heterocycles. The third-order valence-electron chi connectivity index (χ3n) is 4.73. The van der Waals surface area contributed by atoms with Crippen LogP contribution in [0.3, 0.4) is 0 Å². The van der Waals surface area contributed by atoms with Crippen LogP contribution in [-0.4, -0.2) is 55.6 Å². The van der Waals surface area contributed by atoms with Crippen molar-refractivity contribution in [3.05, 3.63) is 0 Å². The lowest BCUT2D eigenvalue weighted by atomic mass is 9.70. The first kappa shape index (κ1) is 16.9. The molecule has 1 rings (SSSR count). The topological polar surface area (TPSA) is 32.5 Å². The Labute approximate surface area is 120 Å². The van der Waals surface area contributed by atoms with Gasteiger partial charge in [0.2, 0.25) is 0 Å². The Kier molecular flexibility index (Phi) is 6.78. The van der Waals surface area contributed by atoms with E-state index in [2.05, 4.69) is 44.7 Å². The molecule has 0 heterocycles. The van der Waals surface area contributed by atoms with Crippen molar-refractivity contribution in [1.29, 1.82) is 0 Å². The van der Waals surface area contributed by atoms with E-state index in [-0.39, 0.29) is 5.54 Å². The Bertz CT molecular complexity index is 242. The summed E-state index contributed by atoms with van der Waals surface area (Å²) in [4.78, 5) is 4.94. The molecule has 0 aromatic rings. The number of hydrogen-bond acceptors (Lipinski definition) is 3. The lowest BCUT2D eigenvalue weighted by molar-refractivity contribution is 0.0211. The van der Waals surface area contributed by atoms with E-state index >= 15 is 0 Å². The quantitative estimate of drug-likeness (QED) is 0.770. The molecule has 3 heteroatoms. The van der Waals surface area contributed by atoms with E-state index in [9.17, 15) is 0 Å². The van der Waals surface area contributed by atoms with Gasteiger partial charge in [0.1, 0.15) is 0 Å². The highest BCUT2D eigenvalue weighted by molar-refractivity contribution is 4.97. The fourth-order valence-corrected chi connectivity index (χ4v) is 4.10. The molecule has 1 saturated carbocycles. The van der Waals surface area contributed by atoms with E-state index in [0.29, 0.717) is 0 Å². The average molecular weight is 269 g/mol. The molecule has 2 atom stereocenters. The molecule has 2 N–H and O–H groups in total. The lowest BCUT2D eigenvalue weighted by Crippen LogP contribution is -2.57. The Morgan fingerprint density at radius 1 is 1.11 bits per heavy atom. The third kappa shape index (κ3) is 4.73. The highest BCUT2D eigenvalue weighted by Crippen LogP contribution is 2.39. The van der Waals surface area contributed by atoms with E-state index < -0.39 is 0 Å². The van der Waals surface area contributed by atoms with Crippen LogP contribution in [0.4, 0.5) is 0 Å². The smallest absolute Gasteiger partial charge is 0.0336 e. The van der Waals surface area contributed by atoms with Gasteiger partial charge in [-0.1, -0.05) is 20.8 Å². The molecule has 19 heavy (non-hydrogen) atoms. The second-order valence-corrected chi connectivity index (χ2v) is 7.02. The van der Waals surface area contributed by atoms with Gasteiger partial charge in [-0.15, -0.1) is 0 Å². The van der Waals surface area contributed by atoms with Crippen molar-refractivity contribution < 1.29 is 0 Å². The highest BCUT2D eigenvalue weighted by Gasteiger charge is 2.40. The second kappa shape index (κ2) is 7.61. The van der Waals surface area contributed by atoms with Crippen LogP contribution in [0.25, 0.3) is 0 Å². The molecule has 0 amide bonds. The Morgan fingerprint density at radius 3 is 2.11 bits per heavy atom. The lowest BCUT2D eigenvalue weighted by Gasteiger charge is -2.49. The van der Waals surface area contributed by atoms with Crippen molar-refractivity contribution in [3.8, 4) is 0 Å². The fourth-order valence-electron chi connectivity index (χ4n) is 4.10. The van der Waals surface area contributed by atoms with Gasteiger partial charge in [-0.25, -0.2) is 0 Å². The molecule has 0 aliphatic heterocycles. The predicted octanol–water partition coefficient (Wildman–Crippen LogP) is 2.41. The van der Waals surface area contributed by atoms with Gasteiger partial charge in [0, 0.05) is 12.1 Å². The summed E-state index contributed by atoms with van der Waals surface area (Å²) < 4.78 is 0. The molecular weight excluding hydrogens is 234 g/mol. The summed E-state index contributed by atoms with van der Waals surface area (Å²) in [7, 11) is 4.31. The standard InChI is InChI=1S/C16H35N3/c1-6-19(9-7-8-18(4)5)16(13-17)11-14(2)10-15(3)12-16/h14-15H,6-13,17H2,1-5H3. The Hall–Kier alpha value is -0.120. The minimum atomic E-state index is 0.262. The van der Waals surface area contributed by atoms with Crippen LogP contribution in [0.15, 0.2) is 0 Å². The van der Waals surface area contributed by atoms with E-state index in [4.69, 9.17) is 5.73 Å². The maximum atomic E-state index is 6.22. The van der Waals surface area contributed by atoms with E-state index in [1.54, 1.807) is 0 Å². The fraction of sp³-hybridized carbons (Fsp3) is 1.00. The van der Waals surface area contributed by atoms with Crippen LogP contribution in [-0.2, 0) is 0 Å². The molecule has 0 bridgehead atoms. The molecule has 1 fully saturated rings. The monoisotopic (exact) mass is 269 g/mol. The van der Waals surface area contributed by atoms with Crippen LogP contribution in [0, 0.1) is 11.8 Å². The number of nitrogens with two attached hydrogens (primary N) is 1. The SMILES string of the molecule is CCN(CCCN(C)C)C1(CN)CC(C)CC(C)C1. The summed E-state index contributed by atoms with van der Waals surface area (Å²) in [6, 6.07) is 0. The van der Waals surface area contributed by atoms with Gasteiger partial charge in [0.25, 0.3) is 0 Å². The molecule has 1 aliphatic rings. The maximum absolute atomic E-state index is 6.22. The highest BCUT2D eigenvalue weighted by atomic mass is 15.2. The minimum absolute atomic E-state index is 0.262. The molecule has 0 radical (unpaired) electrons. The van der Waals surface area contributed by atoms with Crippen LogP contribution in [0.5, 0.6) is 0 Å². The molecule has 0 spiro atoms.